The van der Waals surface area contributed by atoms with Gasteiger partial charge < -0.3 is 14.2 Å². The van der Waals surface area contributed by atoms with E-state index in [9.17, 15) is 14.4 Å². The Morgan fingerprint density at radius 3 is 0.734 bits per heavy atom. The maximum atomic E-state index is 12.9. The van der Waals surface area contributed by atoms with Crippen molar-refractivity contribution < 1.29 is 28.6 Å². The average molecular weight is 1110 g/mol. The van der Waals surface area contributed by atoms with E-state index < -0.39 is 6.10 Å². The molecule has 0 saturated carbocycles. The highest BCUT2D eigenvalue weighted by Gasteiger charge is 2.19. The molecule has 0 saturated heterocycles. The lowest BCUT2D eigenvalue weighted by Crippen LogP contribution is -2.30. The summed E-state index contributed by atoms with van der Waals surface area (Å²) in [6, 6.07) is 0. The van der Waals surface area contributed by atoms with Crippen molar-refractivity contribution in [3.63, 3.8) is 0 Å². The molecule has 0 rings (SSSR count). The summed E-state index contributed by atoms with van der Waals surface area (Å²) in [6.45, 7) is 6.65. The number of allylic oxidation sites excluding steroid dienone is 10. The number of carbonyl (C=O) groups excluding carboxylic acids is 3. The molecule has 6 nitrogen and oxygen atoms in total. The molecule has 0 radical (unpaired) electrons. The fourth-order valence-electron chi connectivity index (χ4n) is 10.2. The van der Waals surface area contributed by atoms with E-state index in [2.05, 4.69) is 81.5 Å². The molecule has 1 atom stereocenters. The third kappa shape index (κ3) is 65.8. The first-order chi connectivity index (χ1) is 39.0. The number of ether oxygens (including phenoxy) is 3. The first-order valence-corrected chi connectivity index (χ1v) is 34.8. The summed E-state index contributed by atoms with van der Waals surface area (Å²) in [7, 11) is 0. The van der Waals surface area contributed by atoms with Gasteiger partial charge in [-0.15, -0.1) is 0 Å². The van der Waals surface area contributed by atoms with Gasteiger partial charge >= 0.3 is 17.9 Å². The van der Waals surface area contributed by atoms with E-state index in [0.717, 1.165) is 83.5 Å². The second-order valence-corrected chi connectivity index (χ2v) is 23.4. The number of esters is 3. The van der Waals surface area contributed by atoms with Crippen LogP contribution in [-0.2, 0) is 28.6 Å². The fourth-order valence-corrected chi connectivity index (χ4v) is 10.2. The monoisotopic (exact) mass is 1110 g/mol. The molecule has 0 spiro atoms. The van der Waals surface area contributed by atoms with Crippen LogP contribution in [0, 0.1) is 0 Å². The van der Waals surface area contributed by atoms with Gasteiger partial charge in [-0.25, -0.2) is 0 Å². The smallest absolute Gasteiger partial charge is 0.306 e. The quantitative estimate of drug-likeness (QED) is 0.0261. The molecule has 0 aliphatic rings. The minimum absolute atomic E-state index is 0.0775. The Morgan fingerprint density at radius 2 is 0.456 bits per heavy atom. The largest absolute Gasteiger partial charge is 0.462 e. The van der Waals surface area contributed by atoms with Gasteiger partial charge in [0.05, 0.1) is 0 Å². The summed E-state index contributed by atoms with van der Waals surface area (Å²) >= 11 is 0. The molecule has 460 valence electrons. The minimum Gasteiger partial charge on any atom is -0.462 e. The fraction of sp³-hybridized carbons (Fsp3) is 0.822. The van der Waals surface area contributed by atoms with E-state index in [1.165, 1.54) is 244 Å². The SMILES string of the molecule is CCCCCC/C=C\CCCCCCCC(=O)OCC(COC(=O)CCCCCCCCCCCCCCC/C=C\CCCCCCCCCC)OC(=O)CCCCCCCCCC/C=C\C/C=C\C/C=C\CCCCCCC. The second-order valence-electron chi connectivity index (χ2n) is 23.4. The maximum absolute atomic E-state index is 12.9. The number of rotatable bonds is 64. The van der Waals surface area contributed by atoms with Crippen LogP contribution in [-0.4, -0.2) is 37.2 Å². The molecule has 1 unspecified atom stereocenters. The lowest BCUT2D eigenvalue weighted by atomic mass is 10.0. The van der Waals surface area contributed by atoms with Crippen molar-refractivity contribution in [3.05, 3.63) is 60.8 Å². The summed E-state index contributed by atoms with van der Waals surface area (Å²) in [5.74, 6) is -0.874. The Bertz CT molecular complexity index is 1410. The van der Waals surface area contributed by atoms with Crippen molar-refractivity contribution >= 4 is 17.9 Å². The second kappa shape index (κ2) is 67.6. The number of hydrogen-bond donors (Lipinski definition) is 0. The molecule has 0 fully saturated rings. The van der Waals surface area contributed by atoms with Gasteiger partial charge in [-0.2, -0.15) is 0 Å². The molecule has 0 bridgehead atoms. The van der Waals surface area contributed by atoms with Crippen molar-refractivity contribution in [2.75, 3.05) is 13.2 Å². The zero-order valence-corrected chi connectivity index (χ0v) is 52.9. The first-order valence-electron chi connectivity index (χ1n) is 34.8. The third-order valence-corrected chi connectivity index (χ3v) is 15.5. The average Bonchev–Trinajstić information content (AvgIpc) is 3.45. The molecule has 0 heterocycles. The standard InChI is InChI=1S/C73H132O6/c1-4-7-10-13-16-19-22-25-27-29-31-33-35-36-38-39-41-43-45-48-51-54-57-60-63-66-72(75)78-69-70(68-77-71(74)65-62-59-56-53-50-47-24-21-18-15-12-9-6-3)79-73(76)67-64-61-58-55-52-49-46-44-42-40-37-34-32-30-28-26-23-20-17-14-11-8-5-2/h21,23-24,26,29-32,37,40,70H,4-20,22,25,27-28,33-36,38-39,41-69H2,1-3H3/b24-21-,26-23-,31-29-,32-30-,40-37-. The summed E-state index contributed by atoms with van der Waals surface area (Å²) in [4.78, 5) is 38.4. The van der Waals surface area contributed by atoms with E-state index in [1.807, 2.05) is 0 Å². The highest BCUT2D eigenvalue weighted by Crippen LogP contribution is 2.17. The molecule has 0 aliphatic carbocycles. The van der Waals surface area contributed by atoms with Crippen LogP contribution in [0.4, 0.5) is 0 Å². The van der Waals surface area contributed by atoms with Crippen molar-refractivity contribution in [2.24, 2.45) is 0 Å². The Balaban J connectivity index is 4.28. The molecular formula is C73H132O6. The lowest BCUT2D eigenvalue weighted by Gasteiger charge is -2.18. The van der Waals surface area contributed by atoms with Crippen molar-refractivity contribution in [3.8, 4) is 0 Å². The molecule has 0 aromatic carbocycles. The van der Waals surface area contributed by atoms with Crippen molar-refractivity contribution in [1.82, 2.24) is 0 Å². The minimum atomic E-state index is -0.783. The van der Waals surface area contributed by atoms with E-state index in [-0.39, 0.29) is 31.1 Å². The number of unbranched alkanes of at least 4 members (excludes halogenated alkanes) is 43. The number of hydrogen-bond acceptors (Lipinski definition) is 6. The first kappa shape index (κ1) is 76.1. The molecular weight excluding hydrogens is 973 g/mol. The van der Waals surface area contributed by atoms with Crippen LogP contribution in [0.1, 0.15) is 367 Å². The van der Waals surface area contributed by atoms with Gasteiger partial charge in [0.25, 0.3) is 0 Å². The van der Waals surface area contributed by atoms with Gasteiger partial charge in [0.1, 0.15) is 13.2 Å². The van der Waals surface area contributed by atoms with E-state index in [0.29, 0.717) is 19.3 Å². The van der Waals surface area contributed by atoms with Crippen LogP contribution in [0.5, 0.6) is 0 Å². The Morgan fingerprint density at radius 1 is 0.253 bits per heavy atom. The summed E-state index contributed by atoms with van der Waals surface area (Å²) in [5, 5.41) is 0. The van der Waals surface area contributed by atoms with Crippen LogP contribution < -0.4 is 0 Å². The van der Waals surface area contributed by atoms with Gasteiger partial charge in [0.15, 0.2) is 6.10 Å². The topological polar surface area (TPSA) is 78.9 Å². The molecule has 79 heavy (non-hydrogen) atoms. The zero-order chi connectivity index (χ0) is 57.1. The van der Waals surface area contributed by atoms with Crippen molar-refractivity contribution in [1.29, 1.82) is 0 Å². The molecule has 0 aliphatic heterocycles. The van der Waals surface area contributed by atoms with E-state index in [4.69, 9.17) is 14.2 Å². The zero-order valence-electron chi connectivity index (χ0n) is 52.9. The Kier molecular flexibility index (Phi) is 65.1. The van der Waals surface area contributed by atoms with Crippen LogP contribution in [0.2, 0.25) is 0 Å². The molecule has 0 aromatic heterocycles. The van der Waals surface area contributed by atoms with E-state index in [1.54, 1.807) is 0 Å². The van der Waals surface area contributed by atoms with Gasteiger partial charge in [-0.1, -0.05) is 300 Å². The highest BCUT2D eigenvalue weighted by molar-refractivity contribution is 5.71. The van der Waals surface area contributed by atoms with Gasteiger partial charge in [-0.3, -0.25) is 14.4 Å². The van der Waals surface area contributed by atoms with Gasteiger partial charge in [0, 0.05) is 19.3 Å². The van der Waals surface area contributed by atoms with Crippen LogP contribution in [0.15, 0.2) is 60.8 Å². The Hall–Kier alpha value is -2.89. The predicted octanol–water partition coefficient (Wildman–Crippen LogP) is 23.9. The van der Waals surface area contributed by atoms with Crippen LogP contribution in [0.3, 0.4) is 0 Å². The van der Waals surface area contributed by atoms with Crippen LogP contribution >= 0.6 is 0 Å². The van der Waals surface area contributed by atoms with Crippen LogP contribution in [0.25, 0.3) is 0 Å². The predicted molar refractivity (Wildman–Crippen MR) is 344 cm³/mol. The van der Waals surface area contributed by atoms with Gasteiger partial charge in [-0.05, 0) is 109 Å². The molecule has 0 aromatic rings. The molecule has 0 N–H and O–H groups in total. The number of carbonyl (C=O) groups is 3. The normalized spacial score (nSPS) is 12.4. The highest BCUT2D eigenvalue weighted by atomic mass is 16.6. The summed E-state index contributed by atoms with van der Waals surface area (Å²) in [6.07, 6.45) is 86.7. The molecule has 6 heteroatoms. The third-order valence-electron chi connectivity index (χ3n) is 15.5. The maximum Gasteiger partial charge on any atom is 0.306 e. The van der Waals surface area contributed by atoms with E-state index >= 15 is 0 Å². The summed E-state index contributed by atoms with van der Waals surface area (Å²) in [5.41, 5.74) is 0. The lowest BCUT2D eigenvalue weighted by molar-refractivity contribution is -0.167. The van der Waals surface area contributed by atoms with Crippen molar-refractivity contribution in [2.45, 2.75) is 374 Å². The Labute approximate surface area is 491 Å². The summed E-state index contributed by atoms with van der Waals surface area (Å²) < 4.78 is 17.0. The molecule has 0 amide bonds. The van der Waals surface area contributed by atoms with Gasteiger partial charge in [0.2, 0.25) is 0 Å².